The van der Waals surface area contributed by atoms with Crippen molar-refractivity contribution in [3.8, 4) is 11.3 Å². The third-order valence-electron chi connectivity index (χ3n) is 5.82. The van der Waals surface area contributed by atoms with Crippen molar-refractivity contribution in [2.75, 3.05) is 6.61 Å². The summed E-state index contributed by atoms with van der Waals surface area (Å²) in [7, 11) is 0. The highest BCUT2D eigenvalue weighted by molar-refractivity contribution is 5.78. The largest absolute Gasteiger partial charge is 0.465 e. The molecule has 0 aliphatic carbocycles. The fraction of sp³-hybridized carbons (Fsp3) is 0.179. The number of aromatic nitrogens is 5. The molecular weight excluding hydrogens is 438 g/mol. The topological polar surface area (TPSA) is 82.3 Å². The smallest absolute Gasteiger partial charge is 0.317 e. The number of carbonyl (C=O) groups is 1. The Labute approximate surface area is 203 Å². The summed E-state index contributed by atoms with van der Waals surface area (Å²) in [6.45, 7) is 2.08. The zero-order valence-corrected chi connectivity index (χ0v) is 19.4. The molecule has 35 heavy (non-hydrogen) atoms. The molecule has 2 aromatic carbocycles. The Kier molecular flexibility index (Phi) is 6.57. The van der Waals surface area contributed by atoms with E-state index in [4.69, 9.17) is 9.84 Å². The van der Waals surface area contributed by atoms with Crippen LogP contribution in [0.2, 0.25) is 0 Å². The van der Waals surface area contributed by atoms with E-state index >= 15 is 0 Å². The molecule has 0 radical (unpaired) electrons. The lowest BCUT2D eigenvalue weighted by molar-refractivity contribution is -0.145. The first-order chi connectivity index (χ1) is 17.2. The lowest BCUT2D eigenvalue weighted by Gasteiger charge is -2.15. The highest BCUT2D eigenvalue weighted by Gasteiger charge is 2.29. The summed E-state index contributed by atoms with van der Waals surface area (Å²) in [5.41, 5.74) is 5.43. The Morgan fingerprint density at radius 3 is 2.40 bits per heavy atom. The fourth-order valence-corrected chi connectivity index (χ4v) is 4.15. The normalized spacial score (nSPS) is 11.9. The first-order valence-electron chi connectivity index (χ1n) is 11.6. The zero-order valence-electron chi connectivity index (χ0n) is 19.4. The van der Waals surface area contributed by atoms with E-state index in [-0.39, 0.29) is 12.6 Å². The number of ether oxygens (including phenoxy) is 1. The van der Waals surface area contributed by atoms with Gasteiger partial charge in [0.05, 0.1) is 12.3 Å². The van der Waals surface area contributed by atoms with Gasteiger partial charge in [-0.25, -0.2) is 0 Å². The minimum absolute atomic E-state index is 0.279. The Bertz CT molecular complexity index is 1420. The van der Waals surface area contributed by atoms with E-state index in [9.17, 15) is 4.79 Å². The molecule has 5 rings (SSSR count). The van der Waals surface area contributed by atoms with Crippen LogP contribution in [0.15, 0.2) is 91.3 Å². The minimum atomic E-state index is -0.669. The molecular formula is C28H25N5O2. The second-order valence-corrected chi connectivity index (χ2v) is 8.25. The second-order valence-electron chi connectivity index (χ2n) is 8.25. The van der Waals surface area contributed by atoms with E-state index in [1.165, 1.54) is 0 Å². The Hall–Kier alpha value is -4.39. The van der Waals surface area contributed by atoms with Crippen LogP contribution < -0.4 is 0 Å². The summed E-state index contributed by atoms with van der Waals surface area (Å²) in [5, 5.41) is 13.8. The number of benzene rings is 2. The van der Waals surface area contributed by atoms with Crippen molar-refractivity contribution in [1.29, 1.82) is 0 Å². The van der Waals surface area contributed by atoms with Crippen LogP contribution in [0.3, 0.4) is 0 Å². The maximum Gasteiger partial charge on any atom is 0.317 e. The van der Waals surface area contributed by atoms with Crippen molar-refractivity contribution in [2.45, 2.75) is 25.7 Å². The number of fused-ring (bicyclic) bond motifs is 1. The van der Waals surface area contributed by atoms with Crippen LogP contribution in [0.25, 0.3) is 16.9 Å². The van der Waals surface area contributed by atoms with Crippen molar-refractivity contribution in [1.82, 2.24) is 24.8 Å². The van der Waals surface area contributed by atoms with Crippen LogP contribution in [0.4, 0.5) is 0 Å². The van der Waals surface area contributed by atoms with Crippen LogP contribution in [0.5, 0.6) is 0 Å². The van der Waals surface area contributed by atoms with Gasteiger partial charge in [-0.2, -0.15) is 9.61 Å². The van der Waals surface area contributed by atoms with Gasteiger partial charge in [0, 0.05) is 29.9 Å². The van der Waals surface area contributed by atoms with Gasteiger partial charge in [0.25, 0.3) is 0 Å². The van der Waals surface area contributed by atoms with Gasteiger partial charge < -0.3 is 4.74 Å². The van der Waals surface area contributed by atoms with E-state index < -0.39 is 5.92 Å². The van der Waals surface area contributed by atoms with Gasteiger partial charge in [0.2, 0.25) is 0 Å². The van der Waals surface area contributed by atoms with Crippen molar-refractivity contribution in [3.63, 3.8) is 0 Å². The Balaban J connectivity index is 1.65. The number of nitrogens with zero attached hydrogens (tertiary/aromatic N) is 5. The van der Waals surface area contributed by atoms with Crippen LogP contribution in [-0.4, -0.2) is 37.4 Å². The van der Waals surface area contributed by atoms with E-state index in [0.29, 0.717) is 24.3 Å². The molecule has 0 fully saturated rings. The highest BCUT2D eigenvalue weighted by atomic mass is 16.5. The summed E-state index contributed by atoms with van der Waals surface area (Å²) < 4.78 is 7.13. The van der Waals surface area contributed by atoms with Crippen molar-refractivity contribution in [2.24, 2.45) is 0 Å². The molecule has 174 valence electrons. The fourth-order valence-electron chi connectivity index (χ4n) is 4.15. The predicted molar refractivity (Wildman–Crippen MR) is 133 cm³/mol. The standard InChI is InChI=1S/C28H25N5O2/c1-2-35-28(34)24(17-21-12-9-15-29-19-21)27-31-30-26-23(16-20-10-5-3-6-11-20)18-25(32-33(26)27)22-13-7-4-8-14-22/h3-15,18-19,24H,2,16-17H2,1H3. The highest BCUT2D eigenvalue weighted by Crippen LogP contribution is 2.26. The van der Waals surface area contributed by atoms with E-state index in [1.807, 2.05) is 60.7 Å². The van der Waals surface area contributed by atoms with Crippen molar-refractivity contribution >= 4 is 11.6 Å². The molecule has 1 unspecified atom stereocenters. The molecule has 3 heterocycles. The van der Waals surface area contributed by atoms with E-state index in [1.54, 1.807) is 23.8 Å². The number of pyridine rings is 1. The van der Waals surface area contributed by atoms with Gasteiger partial charge >= 0.3 is 5.97 Å². The monoisotopic (exact) mass is 463 g/mol. The summed E-state index contributed by atoms with van der Waals surface area (Å²) in [5.74, 6) is -0.575. The molecule has 0 aliphatic heterocycles. The zero-order chi connectivity index (χ0) is 24.0. The molecule has 0 saturated carbocycles. The summed E-state index contributed by atoms with van der Waals surface area (Å²) in [6.07, 6.45) is 4.51. The molecule has 0 aliphatic rings. The van der Waals surface area contributed by atoms with E-state index in [0.717, 1.165) is 27.9 Å². The Morgan fingerprint density at radius 1 is 0.943 bits per heavy atom. The molecule has 0 saturated heterocycles. The average Bonchev–Trinajstić information content (AvgIpc) is 3.33. The van der Waals surface area contributed by atoms with Crippen LogP contribution in [-0.2, 0) is 22.4 Å². The minimum Gasteiger partial charge on any atom is -0.465 e. The maximum atomic E-state index is 13.1. The van der Waals surface area contributed by atoms with Gasteiger partial charge in [-0.15, -0.1) is 10.2 Å². The molecule has 0 N–H and O–H groups in total. The number of hydrogen-bond donors (Lipinski definition) is 0. The van der Waals surface area contributed by atoms with Gasteiger partial charge in [-0.05, 0) is 36.6 Å². The Morgan fingerprint density at radius 2 is 1.69 bits per heavy atom. The number of carbonyl (C=O) groups excluding carboxylic acids is 1. The number of hydrogen-bond acceptors (Lipinski definition) is 6. The van der Waals surface area contributed by atoms with Crippen LogP contribution in [0, 0.1) is 0 Å². The molecule has 0 amide bonds. The van der Waals surface area contributed by atoms with E-state index in [2.05, 4.69) is 33.4 Å². The maximum absolute atomic E-state index is 13.1. The van der Waals surface area contributed by atoms with Gasteiger partial charge in [0.15, 0.2) is 11.5 Å². The lowest BCUT2D eigenvalue weighted by atomic mass is 9.99. The predicted octanol–water partition coefficient (Wildman–Crippen LogP) is 4.67. The molecule has 3 aromatic heterocycles. The SMILES string of the molecule is CCOC(=O)C(Cc1cccnc1)c1nnc2c(Cc3ccccc3)cc(-c3ccccc3)nn12. The lowest BCUT2D eigenvalue weighted by Crippen LogP contribution is -2.21. The average molecular weight is 464 g/mol. The second kappa shape index (κ2) is 10.3. The van der Waals surface area contributed by atoms with Gasteiger partial charge in [0.1, 0.15) is 5.92 Å². The third-order valence-corrected chi connectivity index (χ3v) is 5.82. The third kappa shape index (κ3) is 4.94. The van der Waals surface area contributed by atoms with Gasteiger partial charge in [-0.1, -0.05) is 66.7 Å². The van der Waals surface area contributed by atoms with Gasteiger partial charge in [-0.3, -0.25) is 9.78 Å². The summed E-state index contributed by atoms with van der Waals surface area (Å²) in [4.78, 5) is 17.3. The molecule has 7 heteroatoms. The summed E-state index contributed by atoms with van der Waals surface area (Å²) >= 11 is 0. The molecule has 7 nitrogen and oxygen atoms in total. The molecule has 5 aromatic rings. The first-order valence-corrected chi connectivity index (χ1v) is 11.6. The van der Waals surface area contributed by atoms with Crippen LogP contribution >= 0.6 is 0 Å². The summed E-state index contributed by atoms with van der Waals surface area (Å²) in [6, 6.07) is 26.0. The molecule has 0 spiro atoms. The molecule has 1 atom stereocenters. The van der Waals surface area contributed by atoms with Crippen molar-refractivity contribution < 1.29 is 9.53 Å². The quantitative estimate of drug-likeness (QED) is 0.311. The number of rotatable bonds is 8. The van der Waals surface area contributed by atoms with Crippen LogP contribution in [0.1, 0.15) is 35.4 Å². The number of esters is 1. The first kappa shape index (κ1) is 22.4. The van der Waals surface area contributed by atoms with Crippen molar-refractivity contribution in [3.05, 3.63) is 114 Å². The molecule has 0 bridgehead atoms.